The standard InChI is InChI=1S/C22H19F3N2O2/c1-26-21(27-28-2)18-6-5-17-14-20(10-7-16(17)13-18)29-12-11-15-3-8-19(9-4-15)22(23,24)25/h3-10,13-14H,1,11-12H2,2H3/b27-21-. The molecule has 0 radical (unpaired) electrons. The van der Waals surface area contributed by atoms with Crippen LogP contribution in [0.15, 0.2) is 70.8 Å². The first kappa shape index (κ1) is 20.4. The Morgan fingerprint density at radius 2 is 1.66 bits per heavy atom. The van der Waals surface area contributed by atoms with E-state index < -0.39 is 11.7 Å². The number of ether oxygens (including phenoxy) is 1. The molecule has 3 aromatic carbocycles. The molecular formula is C22H19F3N2O2. The van der Waals surface area contributed by atoms with Crippen molar-refractivity contribution >= 4 is 23.3 Å². The molecule has 0 saturated heterocycles. The largest absolute Gasteiger partial charge is 0.493 e. The van der Waals surface area contributed by atoms with Gasteiger partial charge in [-0.1, -0.05) is 35.5 Å². The van der Waals surface area contributed by atoms with Gasteiger partial charge in [0.15, 0.2) is 5.84 Å². The lowest BCUT2D eigenvalue weighted by Gasteiger charge is -2.10. The minimum atomic E-state index is -4.32. The number of nitrogens with zero attached hydrogens (tertiary/aromatic N) is 2. The Morgan fingerprint density at radius 3 is 2.31 bits per heavy atom. The normalized spacial score (nSPS) is 12.1. The number of oxime groups is 1. The Kier molecular flexibility index (Phi) is 6.16. The summed E-state index contributed by atoms with van der Waals surface area (Å²) < 4.78 is 43.6. The fourth-order valence-electron chi connectivity index (χ4n) is 2.86. The summed E-state index contributed by atoms with van der Waals surface area (Å²) in [6.07, 6.45) is -3.81. The quantitative estimate of drug-likeness (QED) is 0.312. The summed E-state index contributed by atoms with van der Waals surface area (Å²) in [4.78, 5) is 8.61. The van der Waals surface area contributed by atoms with E-state index in [9.17, 15) is 13.2 Å². The van der Waals surface area contributed by atoms with Crippen LogP contribution >= 0.6 is 0 Å². The average Bonchev–Trinajstić information content (AvgIpc) is 2.71. The van der Waals surface area contributed by atoms with Gasteiger partial charge in [-0.2, -0.15) is 13.2 Å². The van der Waals surface area contributed by atoms with Gasteiger partial charge >= 0.3 is 6.18 Å². The third-order valence-electron chi connectivity index (χ3n) is 4.34. The van der Waals surface area contributed by atoms with Gasteiger partial charge in [0.2, 0.25) is 0 Å². The smallest absolute Gasteiger partial charge is 0.416 e. The van der Waals surface area contributed by atoms with Crippen LogP contribution in [0.1, 0.15) is 16.7 Å². The van der Waals surface area contributed by atoms with Gasteiger partial charge in [-0.15, -0.1) is 0 Å². The first-order valence-corrected chi connectivity index (χ1v) is 8.81. The summed E-state index contributed by atoms with van der Waals surface area (Å²) in [5, 5.41) is 5.78. The van der Waals surface area contributed by atoms with E-state index >= 15 is 0 Å². The molecule has 0 aliphatic rings. The SMILES string of the molecule is C=N/C(=N\OC)c1ccc2cc(OCCc3ccc(C(F)(F)F)cc3)ccc2c1. The molecule has 0 heterocycles. The second-order valence-electron chi connectivity index (χ2n) is 6.27. The van der Waals surface area contributed by atoms with Crippen molar-refractivity contribution in [3.8, 4) is 5.75 Å². The molecule has 0 atom stereocenters. The topological polar surface area (TPSA) is 43.2 Å². The maximum Gasteiger partial charge on any atom is 0.416 e. The van der Waals surface area contributed by atoms with Crippen molar-refractivity contribution in [2.45, 2.75) is 12.6 Å². The van der Waals surface area contributed by atoms with E-state index in [0.717, 1.165) is 34.0 Å². The summed E-state index contributed by atoms with van der Waals surface area (Å²) in [7, 11) is 1.44. The van der Waals surface area contributed by atoms with Crippen LogP contribution in [0.2, 0.25) is 0 Å². The van der Waals surface area contributed by atoms with E-state index in [4.69, 9.17) is 9.57 Å². The Bertz CT molecular complexity index is 1030. The Hall–Kier alpha value is -3.35. The molecule has 0 aliphatic carbocycles. The molecule has 0 bridgehead atoms. The van der Waals surface area contributed by atoms with E-state index in [1.807, 2.05) is 36.4 Å². The average molecular weight is 400 g/mol. The maximum absolute atomic E-state index is 12.6. The molecule has 0 N–H and O–H groups in total. The molecule has 0 amide bonds. The van der Waals surface area contributed by atoms with Crippen molar-refractivity contribution in [3.63, 3.8) is 0 Å². The van der Waals surface area contributed by atoms with Crippen LogP contribution in [0.3, 0.4) is 0 Å². The summed E-state index contributed by atoms with van der Waals surface area (Å²) >= 11 is 0. The molecule has 0 fully saturated rings. The lowest BCUT2D eigenvalue weighted by Crippen LogP contribution is -2.05. The number of benzene rings is 3. The Balaban J connectivity index is 1.65. The number of rotatable bonds is 6. The molecule has 3 aromatic rings. The van der Waals surface area contributed by atoms with Crippen molar-refractivity contribution in [2.75, 3.05) is 13.7 Å². The van der Waals surface area contributed by atoms with Crippen LogP contribution in [-0.2, 0) is 17.4 Å². The summed E-state index contributed by atoms with van der Waals surface area (Å²) in [6.45, 7) is 3.85. The van der Waals surface area contributed by atoms with Crippen LogP contribution < -0.4 is 4.74 Å². The van der Waals surface area contributed by atoms with E-state index in [2.05, 4.69) is 16.9 Å². The lowest BCUT2D eigenvalue weighted by atomic mass is 10.1. The summed E-state index contributed by atoms with van der Waals surface area (Å²) in [5.41, 5.74) is 0.914. The first-order valence-electron chi connectivity index (χ1n) is 8.81. The zero-order valence-corrected chi connectivity index (χ0v) is 15.7. The predicted molar refractivity (Wildman–Crippen MR) is 108 cm³/mol. The molecule has 0 saturated carbocycles. The molecular weight excluding hydrogens is 381 g/mol. The number of hydrogen-bond donors (Lipinski definition) is 0. The summed E-state index contributed by atoms with van der Waals surface area (Å²) in [6, 6.07) is 16.5. The minimum Gasteiger partial charge on any atom is -0.493 e. The highest BCUT2D eigenvalue weighted by Gasteiger charge is 2.29. The number of amidine groups is 1. The third-order valence-corrected chi connectivity index (χ3v) is 4.34. The van der Waals surface area contributed by atoms with Crippen molar-refractivity contribution in [1.82, 2.24) is 0 Å². The first-order chi connectivity index (χ1) is 13.9. The van der Waals surface area contributed by atoms with Crippen LogP contribution in [0, 0.1) is 0 Å². The predicted octanol–water partition coefficient (Wildman–Crippen LogP) is 5.49. The Morgan fingerprint density at radius 1 is 0.966 bits per heavy atom. The fraction of sp³-hybridized carbons (Fsp3) is 0.182. The minimum absolute atomic E-state index is 0.361. The fourth-order valence-corrected chi connectivity index (χ4v) is 2.86. The number of halogens is 3. The van der Waals surface area contributed by atoms with Crippen molar-refractivity contribution in [3.05, 3.63) is 77.4 Å². The second kappa shape index (κ2) is 8.77. The van der Waals surface area contributed by atoms with Crippen molar-refractivity contribution in [2.24, 2.45) is 10.1 Å². The maximum atomic E-state index is 12.6. The number of aliphatic imine (C=N–C) groups is 1. The van der Waals surface area contributed by atoms with Gasteiger partial charge in [-0.25, -0.2) is 4.99 Å². The highest BCUT2D eigenvalue weighted by Crippen LogP contribution is 2.29. The van der Waals surface area contributed by atoms with E-state index in [1.54, 1.807) is 0 Å². The number of fused-ring (bicyclic) bond motifs is 1. The molecule has 0 unspecified atom stereocenters. The van der Waals surface area contributed by atoms with Crippen molar-refractivity contribution < 1.29 is 22.7 Å². The second-order valence-corrected chi connectivity index (χ2v) is 6.27. The van der Waals surface area contributed by atoms with Crippen molar-refractivity contribution in [1.29, 1.82) is 0 Å². The van der Waals surface area contributed by atoms with Crippen LogP contribution in [0.25, 0.3) is 10.8 Å². The van der Waals surface area contributed by atoms with Gasteiger partial charge < -0.3 is 9.57 Å². The van der Waals surface area contributed by atoms with E-state index in [0.29, 0.717) is 24.6 Å². The lowest BCUT2D eigenvalue weighted by molar-refractivity contribution is -0.137. The van der Waals surface area contributed by atoms with Gasteiger partial charge in [-0.3, -0.25) is 0 Å². The zero-order chi connectivity index (χ0) is 20.9. The highest BCUT2D eigenvalue weighted by atomic mass is 19.4. The van der Waals surface area contributed by atoms with Crippen LogP contribution in [0.5, 0.6) is 5.75 Å². The van der Waals surface area contributed by atoms with Gasteiger partial charge in [0.1, 0.15) is 12.9 Å². The molecule has 4 nitrogen and oxygen atoms in total. The molecule has 29 heavy (non-hydrogen) atoms. The Labute approximate surface area is 166 Å². The van der Waals surface area contributed by atoms with Crippen LogP contribution in [0.4, 0.5) is 13.2 Å². The zero-order valence-electron chi connectivity index (χ0n) is 15.7. The highest BCUT2D eigenvalue weighted by molar-refractivity contribution is 6.03. The molecule has 7 heteroatoms. The van der Waals surface area contributed by atoms with Gasteiger partial charge in [0, 0.05) is 12.0 Å². The molecule has 0 aliphatic heterocycles. The molecule has 150 valence electrons. The van der Waals surface area contributed by atoms with E-state index in [1.165, 1.54) is 19.2 Å². The van der Waals surface area contributed by atoms with Gasteiger partial charge in [0.05, 0.1) is 12.2 Å². The van der Waals surface area contributed by atoms with Crippen LogP contribution in [-0.4, -0.2) is 26.3 Å². The van der Waals surface area contributed by atoms with E-state index in [-0.39, 0.29) is 0 Å². The molecule has 0 spiro atoms. The van der Waals surface area contributed by atoms with Gasteiger partial charge in [0.25, 0.3) is 0 Å². The molecule has 3 rings (SSSR count). The summed E-state index contributed by atoms with van der Waals surface area (Å²) in [5.74, 6) is 1.08. The van der Waals surface area contributed by atoms with Gasteiger partial charge in [-0.05, 0) is 53.4 Å². The molecule has 0 aromatic heterocycles. The monoisotopic (exact) mass is 400 g/mol. The third kappa shape index (κ3) is 5.13. The number of hydrogen-bond acceptors (Lipinski definition) is 3. The number of alkyl halides is 3.